The quantitative estimate of drug-likeness (QED) is 0.473. The van der Waals surface area contributed by atoms with E-state index in [1.807, 2.05) is 0 Å². The third-order valence-electron chi connectivity index (χ3n) is 7.19. The van der Waals surface area contributed by atoms with Crippen LogP contribution in [0.3, 0.4) is 0 Å². The number of hydrogen-bond acceptors (Lipinski definition) is 1. The molecule has 0 N–H and O–H groups in total. The van der Waals surface area contributed by atoms with Crippen LogP contribution >= 0.6 is 0 Å². The van der Waals surface area contributed by atoms with Gasteiger partial charge in [0.2, 0.25) is 23.1 Å². The SMILES string of the molecule is FC1=N[C@]2(F)[C@@H]3CCC[C@@H]3[C@@]1(F)[C@]1(F)[C@@H]3CCC[C@@H]3[C@@]12F. The fourth-order valence-electron chi connectivity index (χ4n) is 6.53. The average molecular weight is 305 g/mol. The molecule has 0 saturated heterocycles. The summed E-state index contributed by atoms with van der Waals surface area (Å²) in [6, 6.07) is 0. The van der Waals surface area contributed by atoms with Gasteiger partial charge in [0.05, 0.1) is 0 Å². The van der Waals surface area contributed by atoms with Crippen LogP contribution in [0, 0.1) is 23.7 Å². The fourth-order valence-corrected chi connectivity index (χ4v) is 6.53. The lowest BCUT2D eigenvalue weighted by molar-refractivity contribution is -0.364. The summed E-state index contributed by atoms with van der Waals surface area (Å²) in [6.07, 6.45) is 2.10. The number of halogens is 5. The largest absolute Gasteiger partial charge is 0.243 e. The maximum Gasteiger partial charge on any atom is 0.243 e. The zero-order chi connectivity index (χ0) is 14.8. The summed E-state index contributed by atoms with van der Waals surface area (Å²) in [6.45, 7) is 0. The Kier molecular flexibility index (Phi) is 1.93. The summed E-state index contributed by atoms with van der Waals surface area (Å²) in [5.74, 6) is -8.49. The molecule has 0 unspecified atom stereocenters. The van der Waals surface area contributed by atoms with Crippen molar-refractivity contribution in [3.63, 3.8) is 0 Å². The normalized spacial score (nSPS) is 67.2. The van der Waals surface area contributed by atoms with Gasteiger partial charge in [-0.05, 0) is 25.7 Å². The first-order valence-electron chi connectivity index (χ1n) is 7.85. The van der Waals surface area contributed by atoms with E-state index in [4.69, 9.17) is 0 Å². The Morgan fingerprint density at radius 1 is 0.762 bits per heavy atom. The van der Waals surface area contributed by atoms with E-state index in [-0.39, 0.29) is 12.8 Å². The molecular formula is C15H16F5N. The summed E-state index contributed by atoms with van der Waals surface area (Å²) >= 11 is 0. The van der Waals surface area contributed by atoms with Crippen LogP contribution in [0.1, 0.15) is 38.5 Å². The Labute approximate surface area is 119 Å². The van der Waals surface area contributed by atoms with E-state index >= 15 is 17.6 Å². The highest BCUT2D eigenvalue weighted by Crippen LogP contribution is 2.81. The highest BCUT2D eigenvalue weighted by atomic mass is 19.2. The lowest BCUT2D eigenvalue weighted by Gasteiger charge is -2.72. The molecule has 6 rings (SSSR count). The maximum absolute atomic E-state index is 15.6. The van der Waals surface area contributed by atoms with E-state index in [9.17, 15) is 4.39 Å². The van der Waals surface area contributed by atoms with Crippen LogP contribution in [-0.4, -0.2) is 28.8 Å². The minimum absolute atomic E-state index is 0.203. The molecule has 4 saturated carbocycles. The number of rotatable bonds is 0. The van der Waals surface area contributed by atoms with Crippen molar-refractivity contribution in [1.29, 1.82) is 0 Å². The lowest BCUT2D eigenvalue weighted by atomic mass is 9.37. The first kappa shape index (κ1) is 12.8. The van der Waals surface area contributed by atoms with Gasteiger partial charge >= 0.3 is 0 Å². The summed E-state index contributed by atoms with van der Waals surface area (Å²) < 4.78 is 76.4. The Bertz CT molecular complexity index is 580. The van der Waals surface area contributed by atoms with Gasteiger partial charge in [-0.15, -0.1) is 0 Å². The molecule has 21 heavy (non-hydrogen) atoms. The number of nitrogens with zero attached hydrogens (tertiary/aromatic N) is 1. The molecule has 4 fully saturated rings. The van der Waals surface area contributed by atoms with Crippen molar-refractivity contribution in [3.8, 4) is 0 Å². The molecule has 0 aromatic heterocycles. The van der Waals surface area contributed by atoms with E-state index in [1.165, 1.54) is 0 Å². The molecular weight excluding hydrogens is 289 g/mol. The second kappa shape index (κ2) is 3.16. The van der Waals surface area contributed by atoms with Gasteiger partial charge < -0.3 is 0 Å². The van der Waals surface area contributed by atoms with Crippen LogP contribution in [0.4, 0.5) is 22.0 Å². The number of aliphatic imine (C=N–C) groups is 1. The highest BCUT2D eigenvalue weighted by Gasteiger charge is 2.97. The van der Waals surface area contributed by atoms with Crippen LogP contribution in [0.15, 0.2) is 4.99 Å². The fraction of sp³-hybridized carbons (Fsp3) is 0.933. The van der Waals surface area contributed by atoms with E-state index in [1.54, 1.807) is 0 Å². The Morgan fingerprint density at radius 2 is 1.29 bits per heavy atom. The summed E-state index contributed by atoms with van der Waals surface area (Å²) in [5, 5.41) is 0. The second-order valence-electron chi connectivity index (χ2n) is 7.50. The summed E-state index contributed by atoms with van der Waals surface area (Å²) in [4.78, 5) is 3.15. The molecule has 0 spiro atoms. The van der Waals surface area contributed by atoms with Crippen molar-refractivity contribution in [2.75, 3.05) is 0 Å². The minimum Gasteiger partial charge on any atom is -0.236 e. The van der Waals surface area contributed by atoms with Crippen molar-refractivity contribution in [2.45, 2.75) is 61.3 Å². The first-order valence-corrected chi connectivity index (χ1v) is 7.85. The van der Waals surface area contributed by atoms with Gasteiger partial charge in [-0.2, -0.15) is 4.39 Å². The first-order chi connectivity index (χ1) is 9.83. The van der Waals surface area contributed by atoms with Crippen LogP contribution in [0.2, 0.25) is 0 Å². The van der Waals surface area contributed by atoms with E-state index < -0.39 is 52.4 Å². The van der Waals surface area contributed by atoms with Crippen LogP contribution in [0.5, 0.6) is 0 Å². The van der Waals surface area contributed by atoms with E-state index in [2.05, 4.69) is 4.99 Å². The van der Waals surface area contributed by atoms with Crippen molar-refractivity contribution in [1.82, 2.24) is 0 Å². The van der Waals surface area contributed by atoms with E-state index in [0.29, 0.717) is 25.7 Å². The Morgan fingerprint density at radius 3 is 1.95 bits per heavy atom. The molecule has 0 aromatic carbocycles. The maximum atomic E-state index is 15.6. The molecule has 4 aliphatic carbocycles. The zero-order valence-corrected chi connectivity index (χ0v) is 11.4. The topological polar surface area (TPSA) is 12.4 Å². The molecule has 6 heteroatoms. The second-order valence-corrected chi connectivity index (χ2v) is 7.50. The molecule has 116 valence electrons. The number of hydrogen-bond donors (Lipinski definition) is 0. The van der Waals surface area contributed by atoms with Gasteiger partial charge in [0.1, 0.15) is 0 Å². The lowest BCUT2D eigenvalue weighted by Crippen LogP contribution is -2.92. The minimum atomic E-state index is -3.08. The van der Waals surface area contributed by atoms with Gasteiger partial charge in [0.15, 0.2) is 5.67 Å². The standard InChI is InChI=1S/C15H16F5N/c16-11-12(17)7-3-1-6-10(7)15(20,21-11)14(19)9-5-2-4-8(9)13(12,14)18/h7-10H,1-6H2/t7-,8+,9-,10+,12-,13+,14+,15+/m0/s1. The van der Waals surface area contributed by atoms with E-state index in [0.717, 1.165) is 0 Å². The monoisotopic (exact) mass is 305 g/mol. The summed E-state index contributed by atoms with van der Waals surface area (Å²) in [7, 11) is 0. The average Bonchev–Trinajstić information content (AvgIpc) is 3.09. The predicted octanol–water partition coefficient (Wildman–Crippen LogP) is 4.02. The Balaban J connectivity index is 1.83. The molecule has 0 amide bonds. The highest BCUT2D eigenvalue weighted by molar-refractivity contribution is 5.90. The molecule has 2 aliphatic heterocycles. The van der Waals surface area contributed by atoms with Crippen molar-refractivity contribution in [3.05, 3.63) is 0 Å². The van der Waals surface area contributed by atoms with Crippen LogP contribution in [-0.2, 0) is 0 Å². The third-order valence-corrected chi connectivity index (χ3v) is 7.19. The molecule has 0 aromatic rings. The molecule has 2 heterocycles. The molecule has 0 radical (unpaired) electrons. The van der Waals surface area contributed by atoms with Crippen LogP contribution < -0.4 is 0 Å². The smallest absolute Gasteiger partial charge is 0.236 e. The van der Waals surface area contributed by atoms with Crippen molar-refractivity contribution < 1.29 is 22.0 Å². The Hall–Kier alpha value is -0.680. The van der Waals surface area contributed by atoms with Gasteiger partial charge in [-0.25, -0.2) is 22.6 Å². The van der Waals surface area contributed by atoms with Gasteiger partial charge in [-0.3, -0.25) is 0 Å². The molecule has 8 atom stereocenters. The van der Waals surface area contributed by atoms with Gasteiger partial charge in [0, 0.05) is 23.7 Å². The van der Waals surface area contributed by atoms with Crippen molar-refractivity contribution in [2.24, 2.45) is 28.7 Å². The molecule has 6 aliphatic rings. The molecule has 1 nitrogen and oxygen atoms in total. The molecule has 2 bridgehead atoms. The van der Waals surface area contributed by atoms with Crippen LogP contribution in [0.25, 0.3) is 0 Å². The predicted molar refractivity (Wildman–Crippen MR) is 65.6 cm³/mol. The van der Waals surface area contributed by atoms with Gasteiger partial charge in [0.25, 0.3) is 0 Å². The van der Waals surface area contributed by atoms with Crippen molar-refractivity contribution >= 4 is 5.97 Å². The zero-order valence-electron chi connectivity index (χ0n) is 11.4. The number of fused-ring (bicyclic) bond motifs is 1. The van der Waals surface area contributed by atoms with Gasteiger partial charge in [-0.1, -0.05) is 12.8 Å². The third kappa shape index (κ3) is 0.876. The summed E-state index contributed by atoms with van der Waals surface area (Å²) in [5.41, 5.74) is -9.13. The number of alkyl halides is 4.